The first-order valence-electron chi connectivity index (χ1n) is 5.45. The summed E-state index contributed by atoms with van der Waals surface area (Å²) >= 11 is 0. The number of aromatic nitrogens is 4. The van der Waals surface area contributed by atoms with E-state index in [0.717, 1.165) is 16.9 Å². The van der Waals surface area contributed by atoms with E-state index in [-0.39, 0.29) is 0 Å². The fourth-order valence-corrected chi connectivity index (χ4v) is 1.91. The van der Waals surface area contributed by atoms with Crippen molar-refractivity contribution in [2.75, 3.05) is 18.5 Å². The molecule has 0 atom stereocenters. The molecule has 2 heterocycles. The quantitative estimate of drug-likeness (QED) is 0.842. The average Bonchev–Trinajstić information content (AvgIpc) is 2.58. The van der Waals surface area contributed by atoms with Gasteiger partial charge in [0.1, 0.15) is 12.1 Å². The molecule has 0 aromatic carbocycles. The minimum Gasteiger partial charge on any atom is -0.389 e. The highest BCUT2D eigenvalue weighted by Crippen LogP contribution is 2.22. The number of nitrogens with zero attached hydrogens (tertiary/aromatic N) is 5. The number of hydrogen-bond donors (Lipinski definition) is 1. The summed E-state index contributed by atoms with van der Waals surface area (Å²) in [6.07, 6.45) is 3.26. The van der Waals surface area contributed by atoms with E-state index >= 15 is 0 Å². The Bertz CT molecular complexity index is 528. The van der Waals surface area contributed by atoms with Crippen molar-refractivity contribution in [1.82, 2.24) is 19.7 Å². The first kappa shape index (κ1) is 11.8. The molecule has 0 aliphatic heterocycles. The lowest BCUT2D eigenvalue weighted by atomic mass is 10.1. The fourth-order valence-electron chi connectivity index (χ4n) is 1.91. The van der Waals surface area contributed by atoms with Crippen molar-refractivity contribution in [3.63, 3.8) is 0 Å². The molecule has 0 fully saturated rings. The average molecular weight is 235 g/mol. The van der Waals surface area contributed by atoms with Gasteiger partial charge in [0.2, 0.25) is 0 Å². The van der Waals surface area contributed by atoms with Crippen LogP contribution in [-0.4, -0.2) is 44.0 Å². The largest absolute Gasteiger partial charge is 0.389 e. The van der Waals surface area contributed by atoms with E-state index in [1.54, 1.807) is 24.7 Å². The van der Waals surface area contributed by atoms with E-state index in [1.165, 1.54) is 6.33 Å². The third kappa shape index (κ3) is 2.36. The Balaban J connectivity index is 2.41. The number of aliphatic hydroxyl groups is 1. The number of hydrogen-bond acceptors (Lipinski definition) is 5. The summed E-state index contributed by atoms with van der Waals surface area (Å²) in [5, 5.41) is 14.9. The standard InChI is InChI=1S/C11H17N5O/c1-11(2,17)6-15(3)9-8-5-14-16(4)10(8)13-7-12-9/h5,7,17H,6H2,1-4H3. The maximum absolute atomic E-state index is 9.82. The summed E-state index contributed by atoms with van der Waals surface area (Å²) in [6.45, 7) is 4.03. The molecule has 0 spiro atoms. The van der Waals surface area contributed by atoms with Gasteiger partial charge in [-0.3, -0.25) is 4.68 Å². The first-order valence-corrected chi connectivity index (χ1v) is 5.45. The summed E-state index contributed by atoms with van der Waals surface area (Å²) in [5.74, 6) is 0.783. The molecular formula is C11H17N5O. The Morgan fingerprint density at radius 2 is 2.12 bits per heavy atom. The van der Waals surface area contributed by atoms with Crippen LogP contribution in [0.1, 0.15) is 13.8 Å². The summed E-state index contributed by atoms with van der Waals surface area (Å²) in [7, 11) is 3.74. The Hall–Kier alpha value is -1.69. The van der Waals surface area contributed by atoms with Crippen LogP contribution in [0.3, 0.4) is 0 Å². The molecule has 17 heavy (non-hydrogen) atoms. The summed E-state index contributed by atoms with van der Waals surface area (Å²) in [6, 6.07) is 0. The Labute approximate surface area is 99.9 Å². The van der Waals surface area contributed by atoms with Crippen LogP contribution in [0, 0.1) is 0 Å². The van der Waals surface area contributed by atoms with Crippen LogP contribution in [0.5, 0.6) is 0 Å². The zero-order chi connectivity index (χ0) is 12.6. The van der Waals surface area contributed by atoms with Crippen molar-refractivity contribution < 1.29 is 5.11 Å². The second-order valence-corrected chi connectivity index (χ2v) is 4.87. The molecular weight excluding hydrogens is 218 g/mol. The van der Waals surface area contributed by atoms with Crippen molar-refractivity contribution in [3.05, 3.63) is 12.5 Å². The van der Waals surface area contributed by atoms with E-state index in [1.807, 2.05) is 19.0 Å². The molecule has 0 aliphatic rings. The highest BCUT2D eigenvalue weighted by molar-refractivity contribution is 5.86. The van der Waals surface area contributed by atoms with Crippen LogP contribution in [0.4, 0.5) is 5.82 Å². The number of anilines is 1. The first-order chi connectivity index (χ1) is 7.88. The van der Waals surface area contributed by atoms with Gasteiger partial charge in [0.05, 0.1) is 17.2 Å². The van der Waals surface area contributed by atoms with Gasteiger partial charge in [0.15, 0.2) is 5.65 Å². The van der Waals surface area contributed by atoms with Crippen LogP contribution < -0.4 is 4.90 Å². The zero-order valence-corrected chi connectivity index (χ0v) is 10.5. The number of fused-ring (bicyclic) bond motifs is 1. The maximum atomic E-state index is 9.82. The van der Waals surface area contributed by atoms with E-state index in [0.29, 0.717) is 6.54 Å². The molecule has 0 unspecified atom stereocenters. The topological polar surface area (TPSA) is 67.1 Å². The van der Waals surface area contributed by atoms with Crippen molar-refractivity contribution >= 4 is 16.9 Å². The zero-order valence-electron chi connectivity index (χ0n) is 10.5. The lowest BCUT2D eigenvalue weighted by Gasteiger charge is -2.26. The lowest BCUT2D eigenvalue weighted by Crippen LogP contribution is -2.36. The predicted molar refractivity (Wildman–Crippen MR) is 65.9 cm³/mol. The van der Waals surface area contributed by atoms with Gasteiger partial charge in [0.25, 0.3) is 0 Å². The Morgan fingerprint density at radius 1 is 1.41 bits per heavy atom. The normalized spacial score (nSPS) is 12.1. The minimum atomic E-state index is -0.770. The molecule has 1 N–H and O–H groups in total. The summed E-state index contributed by atoms with van der Waals surface area (Å²) in [5.41, 5.74) is 0.0198. The third-order valence-corrected chi connectivity index (χ3v) is 2.49. The van der Waals surface area contributed by atoms with E-state index in [4.69, 9.17) is 0 Å². The van der Waals surface area contributed by atoms with Gasteiger partial charge in [0, 0.05) is 20.6 Å². The molecule has 0 saturated heterocycles. The van der Waals surface area contributed by atoms with Crippen molar-refractivity contribution in [3.8, 4) is 0 Å². The number of aryl methyl sites for hydroxylation is 1. The van der Waals surface area contributed by atoms with Crippen LogP contribution in [0.2, 0.25) is 0 Å². The monoisotopic (exact) mass is 235 g/mol. The molecule has 92 valence electrons. The molecule has 6 nitrogen and oxygen atoms in total. The van der Waals surface area contributed by atoms with Gasteiger partial charge in [-0.05, 0) is 13.8 Å². The third-order valence-electron chi connectivity index (χ3n) is 2.49. The summed E-state index contributed by atoms with van der Waals surface area (Å²) in [4.78, 5) is 10.3. The maximum Gasteiger partial charge on any atom is 0.163 e. The highest BCUT2D eigenvalue weighted by Gasteiger charge is 2.19. The molecule has 6 heteroatoms. The molecule has 2 aromatic heterocycles. The Kier molecular flexibility index (Phi) is 2.74. The van der Waals surface area contributed by atoms with Crippen molar-refractivity contribution in [2.45, 2.75) is 19.4 Å². The second kappa shape index (κ2) is 3.96. The van der Waals surface area contributed by atoms with Gasteiger partial charge < -0.3 is 10.0 Å². The molecule has 2 aromatic rings. The van der Waals surface area contributed by atoms with Crippen LogP contribution in [0.15, 0.2) is 12.5 Å². The van der Waals surface area contributed by atoms with E-state index < -0.39 is 5.60 Å². The number of likely N-dealkylation sites (N-methyl/N-ethyl adjacent to an activating group) is 1. The van der Waals surface area contributed by atoms with E-state index in [9.17, 15) is 5.11 Å². The molecule has 0 saturated carbocycles. The van der Waals surface area contributed by atoms with Gasteiger partial charge in [-0.2, -0.15) is 5.10 Å². The lowest BCUT2D eigenvalue weighted by molar-refractivity contribution is 0.0885. The van der Waals surface area contributed by atoms with Crippen LogP contribution in [-0.2, 0) is 7.05 Å². The van der Waals surface area contributed by atoms with Crippen LogP contribution >= 0.6 is 0 Å². The van der Waals surface area contributed by atoms with Crippen molar-refractivity contribution in [2.24, 2.45) is 7.05 Å². The number of rotatable bonds is 3. The molecule has 0 aliphatic carbocycles. The SMILES string of the molecule is CN(CC(C)(C)O)c1ncnc2c1cnn2C. The van der Waals surface area contributed by atoms with Gasteiger partial charge in [-0.25, -0.2) is 9.97 Å². The fraction of sp³-hybridized carbons (Fsp3) is 0.545. The molecule has 0 amide bonds. The molecule has 0 radical (unpaired) electrons. The Morgan fingerprint density at radius 3 is 2.76 bits per heavy atom. The van der Waals surface area contributed by atoms with Crippen molar-refractivity contribution in [1.29, 1.82) is 0 Å². The predicted octanol–water partition coefficient (Wildman–Crippen LogP) is 0.570. The smallest absolute Gasteiger partial charge is 0.163 e. The highest BCUT2D eigenvalue weighted by atomic mass is 16.3. The molecule has 2 rings (SSSR count). The van der Waals surface area contributed by atoms with Gasteiger partial charge in [-0.1, -0.05) is 0 Å². The van der Waals surface area contributed by atoms with E-state index in [2.05, 4.69) is 15.1 Å². The van der Waals surface area contributed by atoms with Gasteiger partial charge in [-0.15, -0.1) is 0 Å². The van der Waals surface area contributed by atoms with Crippen LogP contribution in [0.25, 0.3) is 11.0 Å². The van der Waals surface area contributed by atoms with Gasteiger partial charge >= 0.3 is 0 Å². The molecule has 0 bridgehead atoms. The minimum absolute atomic E-state index is 0.494. The second-order valence-electron chi connectivity index (χ2n) is 4.87. The summed E-state index contributed by atoms with van der Waals surface area (Å²) < 4.78 is 1.71.